The average molecular weight is 159 g/mol. The number of nitrogens with one attached hydrogen (secondary N) is 1. The van der Waals surface area contributed by atoms with Crippen molar-refractivity contribution in [3.63, 3.8) is 0 Å². The van der Waals surface area contributed by atoms with Gasteiger partial charge in [-0.05, 0) is 12.3 Å². The first-order chi connectivity index (χ1) is 5.16. The van der Waals surface area contributed by atoms with Gasteiger partial charge in [0, 0.05) is 14.9 Å². The third-order valence-corrected chi connectivity index (χ3v) is 1.71. The van der Waals surface area contributed by atoms with Gasteiger partial charge in [0.2, 0.25) is 5.91 Å². The third-order valence-electron chi connectivity index (χ3n) is 1.71. The highest BCUT2D eigenvalue weighted by Gasteiger charge is 1.98. The Morgan fingerprint density at radius 1 is 1.45 bits per heavy atom. The maximum absolute atomic E-state index is 10.7. The molecule has 0 heterocycles. The molecule has 0 aromatic heterocycles. The van der Waals surface area contributed by atoms with E-state index in [2.05, 4.69) is 19.2 Å². The summed E-state index contributed by atoms with van der Waals surface area (Å²) < 4.78 is 0. The smallest absolute Gasteiger partial charge is 0.219 e. The molecule has 0 aliphatic rings. The fourth-order valence-electron chi connectivity index (χ4n) is 0.963. The monoisotopic (exact) mass is 159 g/mol. The Morgan fingerprint density at radius 3 is 2.55 bits per heavy atom. The summed E-state index contributed by atoms with van der Waals surface area (Å²) >= 11 is 0. The van der Waals surface area contributed by atoms with Crippen LogP contribution in [0.25, 0.3) is 0 Å². The van der Waals surface area contributed by atoms with Crippen LogP contribution in [0.5, 0.6) is 0 Å². The van der Waals surface area contributed by atoms with E-state index >= 15 is 0 Å². The summed E-state index contributed by atoms with van der Waals surface area (Å²) in [6, 6.07) is 0. The second-order valence-electron chi connectivity index (χ2n) is 3.31. The van der Waals surface area contributed by atoms with E-state index in [0.717, 1.165) is 12.3 Å². The number of hydrogen-bond donors (Lipinski definition) is 1. The van der Waals surface area contributed by atoms with Crippen LogP contribution in [0.2, 0.25) is 0 Å². The van der Waals surface area contributed by atoms with Crippen LogP contribution in [-0.2, 0) is 4.79 Å². The zero-order chi connectivity index (χ0) is 8.69. The molecule has 0 atom stereocenters. The molecule has 0 fully saturated rings. The molecule has 0 radical (unpaired) electrons. The summed E-state index contributed by atoms with van der Waals surface area (Å²) in [6.45, 7) is 4.42. The Balaban J connectivity index is 0. The Bertz CT molecular complexity index is 115. The van der Waals surface area contributed by atoms with Gasteiger partial charge in [-0.1, -0.05) is 26.7 Å². The number of carbonyl (C=O) groups excluding carboxylic acids is 1. The lowest BCUT2D eigenvalue weighted by atomic mass is 10.1. The Kier molecular flexibility index (Phi) is 5.90. The summed E-state index contributed by atoms with van der Waals surface area (Å²) in [7, 11) is 1.69. The Hall–Kier alpha value is -0.530. The van der Waals surface area contributed by atoms with Gasteiger partial charge in [0.05, 0.1) is 0 Å². The molecule has 0 rings (SSSR count). The molecule has 0 saturated carbocycles. The van der Waals surface area contributed by atoms with E-state index in [1.54, 1.807) is 7.05 Å². The molecule has 11 heavy (non-hydrogen) atoms. The molecular weight excluding hydrogens is 138 g/mol. The number of rotatable bonds is 5. The second-order valence-corrected chi connectivity index (χ2v) is 3.31. The van der Waals surface area contributed by atoms with Gasteiger partial charge in [-0.25, -0.2) is 0 Å². The van der Waals surface area contributed by atoms with Crippen LogP contribution in [0.4, 0.5) is 0 Å². The predicted octanol–water partition coefficient (Wildman–Crippen LogP) is 2.19. The molecule has 0 bridgehead atoms. The van der Waals surface area contributed by atoms with E-state index in [1.165, 1.54) is 12.8 Å². The molecule has 0 unspecified atom stereocenters. The summed E-state index contributed by atoms with van der Waals surface area (Å²) in [5, 5.41) is 2.61. The van der Waals surface area contributed by atoms with E-state index in [-0.39, 0.29) is 7.33 Å². The summed E-state index contributed by atoms with van der Waals surface area (Å²) in [5.41, 5.74) is 0. The largest absolute Gasteiger partial charge is 0.359 e. The highest BCUT2D eigenvalue weighted by molar-refractivity contribution is 5.75. The van der Waals surface area contributed by atoms with Crippen molar-refractivity contribution in [2.75, 3.05) is 7.05 Å². The van der Waals surface area contributed by atoms with Gasteiger partial charge in [-0.15, -0.1) is 0 Å². The van der Waals surface area contributed by atoms with Gasteiger partial charge in [-0.3, -0.25) is 4.79 Å². The molecule has 0 spiro atoms. The molecule has 0 aliphatic carbocycles. The summed E-state index contributed by atoms with van der Waals surface area (Å²) in [4.78, 5) is 10.7. The topological polar surface area (TPSA) is 29.1 Å². The normalized spacial score (nSPS) is 10.2. The van der Waals surface area contributed by atoms with E-state index < -0.39 is 0 Å². The Morgan fingerprint density at radius 2 is 2.09 bits per heavy atom. The van der Waals surface area contributed by atoms with Crippen molar-refractivity contribution < 1.29 is 6.22 Å². The average Bonchev–Trinajstić information content (AvgIpc) is 1.97. The maximum atomic E-state index is 10.7. The number of hydrogen-bond acceptors (Lipinski definition) is 1. The Labute approximate surface area is 70.9 Å². The lowest BCUT2D eigenvalue weighted by Gasteiger charge is -2.02. The lowest BCUT2D eigenvalue weighted by molar-refractivity contribution is -0.120. The van der Waals surface area contributed by atoms with Crippen molar-refractivity contribution in [1.82, 2.24) is 5.32 Å². The molecule has 0 saturated heterocycles. The first-order valence-electron chi connectivity index (χ1n) is 4.37. The first kappa shape index (κ1) is 10.5. The minimum Gasteiger partial charge on any atom is -0.359 e. The van der Waals surface area contributed by atoms with Crippen molar-refractivity contribution in [2.24, 2.45) is 5.92 Å². The van der Waals surface area contributed by atoms with Gasteiger partial charge in [0.25, 0.3) is 0 Å². The highest BCUT2D eigenvalue weighted by Crippen LogP contribution is 2.07. The molecule has 0 aliphatic heterocycles. The molecule has 0 aromatic carbocycles. The van der Waals surface area contributed by atoms with E-state index in [4.69, 9.17) is 0 Å². The molecule has 1 amide bonds. The van der Waals surface area contributed by atoms with Crippen LogP contribution in [-0.4, -0.2) is 13.0 Å². The fourth-order valence-corrected chi connectivity index (χ4v) is 0.963. The minimum absolute atomic E-state index is 0. The predicted molar refractivity (Wildman–Crippen MR) is 49.5 cm³/mol. The standard InChI is InChI=1S/C9H19NO.H2/c1-8(2)6-4-5-7-9(11)10-3;/h8H,4-7H2,1-3H3,(H,10,11);1H. The SMILES string of the molecule is CNC(=O)CCCCC(C)C.[HH]. The van der Waals surface area contributed by atoms with Crippen molar-refractivity contribution in [3.05, 3.63) is 0 Å². The van der Waals surface area contributed by atoms with Crippen molar-refractivity contribution >= 4 is 5.91 Å². The summed E-state index contributed by atoms with van der Waals surface area (Å²) in [5.74, 6) is 0.924. The molecule has 1 N–H and O–H groups in total. The van der Waals surface area contributed by atoms with Gasteiger partial charge < -0.3 is 5.32 Å². The van der Waals surface area contributed by atoms with Crippen LogP contribution >= 0.6 is 0 Å². The van der Waals surface area contributed by atoms with Crippen LogP contribution < -0.4 is 5.32 Å². The summed E-state index contributed by atoms with van der Waals surface area (Å²) in [6.07, 6.45) is 4.11. The number of carbonyl (C=O) groups is 1. The number of unbranched alkanes of at least 4 members (excludes halogenated alkanes) is 1. The minimum atomic E-state index is 0. The molecule has 0 aromatic rings. The fraction of sp³-hybridized carbons (Fsp3) is 0.889. The van der Waals surface area contributed by atoms with E-state index in [9.17, 15) is 4.79 Å². The van der Waals surface area contributed by atoms with Crippen LogP contribution in [0.1, 0.15) is 41.0 Å². The van der Waals surface area contributed by atoms with Gasteiger partial charge in [0.15, 0.2) is 0 Å². The second kappa shape index (κ2) is 6.20. The van der Waals surface area contributed by atoms with Crippen LogP contribution in [0, 0.1) is 5.92 Å². The van der Waals surface area contributed by atoms with Crippen molar-refractivity contribution in [3.8, 4) is 0 Å². The van der Waals surface area contributed by atoms with Crippen LogP contribution in [0.15, 0.2) is 0 Å². The molecule has 2 heteroatoms. The molecule has 2 nitrogen and oxygen atoms in total. The maximum Gasteiger partial charge on any atom is 0.219 e. The van der Waals surface area contributed by atoms with E-state index in [1.807, 2.05) is 0 Å². The highest BCUT2D eigenvalue weighted by atomic mass is 16.1. The third kappa shape index (κ3) is 7.37. The van der Waals surface area contributed by atoms with Gasteiger partial charge in [0.1, 0.15) is 0 Å². The van der Waals surface area contributed by atoms with Gasteiger partial charge in [-0.2, -0.15) is 0 Å². The van der Waals surface area contributed by atoms with Crippen molar-refractivity contribution in [2.45, 2.75) is 39.5 Å². The van der Waals surface area contributed by atoms with Crippen molar-refractivity contribution in [1.29, 1.82) is 0 Å². The first-order valence-corrected chi connectivity index (χ1v) is 4.37. The zero-order valence-corrected chi connectivity index (χ0v) is 7.81. The lowest BCUT2D eigenvalue weighted by Crippen LogP contribution is -2.16. The van der Waals surface area contributed by atoms with Gasteiger partial charge >= 0.3 is 0 Å². The quantitative estimate of drug-likeness (QED) is 0.612. The molecule has 68 valence electrons. The number of amides is 1. The zero-order valence-electron chi connectivity index (χ0n) is 7.81. The van der Waals surface area contributed by atoms with Crippen LogP contribution in [0.3, 0.4) is 0 Å². The molecular formula is C9H21NO. The van der Waals surface area contributed by atoms with E-state index in [0.29, 0.717) is 6.42 Å².